The summed E-state index contributed by atoms with van der Waals surface area (Å²) in [5.74, 6) is 6.56. The molecule has 166 valence electrons. The largest absolute Gasteiger partial charge is 0.417 e. The first-order chi connectivity index (χ1) is 15.4. The topological polar surface area (TPSA) is 107 Å². The van der Waals surface area contributed by atoms with Crippen LogP contribution in [-0.2, 0) is 12.6 Å². The molecule has 4 rings (SSSR count). The van der Waals surface area contributed by atoms with E-state index >= 15 is 0 Å². The molecule has 1 aromatic carbocycles. The molecule has 0 radical (unpaired) electrons. The van der Waals surface area contributed by atoms with Gasteiger partial charge in [0.2, 0.25) is 0 Å². The molecule has 0 aliphatic heterocycles. The molecule has 0 saturated carbocycles. The monoisotopic (exact) mass is 442 g/mol. The Morgan fingerprint density at radius 1 is 1.09 bits per heavy atom. The van der Waals surface area contributed by atoms with E-state index in [1.807, 2.05) is 7.05 Å². The number of pyridine rings is 1. The zero-order valence-electron chi connectivity index (χ0n) is 17.2. The molecule has 0 aliphatic rings. The molecule has 8 nitrogen and oxygen atoms in total. The maximum atomic E-state index is 13.6. The van der Waals surface area contributed by atoms with Crippen LogP contribution in [0.2, 0.25) is 0 Å². The summed E-state index contributed by atoms with van der Waals surface area (Å²) in [6, 6.07) is 10.5. The van der Waals surface area contributed by atoms with E-state index in [1.165, 1.54) is 18.2 Å². The van der Waals surface area contributed by atoms with E-state index < -0.39 is 11.7 Å². The number of fused-ring (bicyclic) bond motifs is 1. The van der Waals surface area contributed by atoms with Crippen molar-refractivity contribution in [1.29, 1.82) is 0 Å². The Morgan fingerprint density at radius 3 is 2.69 bits per heavy atom. The van der Waals surface area contributed by atoms with Gasteiger partial charge in [-0.1, -0.05) is 18.2 Å². The van der Waals surface area contributed by atoms with Crippen molar-refractivity contribution in [3.05, 3.63) is 59.9 Å². The predicted octanol–water partition coefficient (Wildman–Crippen LogP) is 3.52. The van der Waals surface area contributed by atoms with E-state index in [9.17, 15) is 13.2 Å². The maximum Gasteiger partial charge on any atom is 0.417 e. The van der Waals surface area contributed by atoms with Gasteiger partial charge < -0.3 is 16.5 Å². The second-order valence-electron chi connectivity index (χ2n) is 7.11. The fourth-order valence-corrected chi connectivity index (χ4v) is 3.37. The van der Waals surface area contributed by atoms with Gasteiger partial charge in [-0.3, -0.25) is 0 Å². The van der Waals surface area contributed by atoms with Gasteiger partial charge in [0, 0.05) is 23.5 Å². The van der Waals surface area contributed by atoms with Gasteiger partial charge in [0.15, 0.2) is 17.3 Å². The van der Waals surface area contributed by atoms with Crippen LogP contribution in [0.4, 0.5) is 24.8 Å². The predicted molar refractivity (Wildman–Crippen MR) is 116 cm³/mol. The minimum atomic E-state index is -4.53. The zero-order valence-corrected chi connectivity index (χ0v) is 17.2. The third-order valence-electron chi connectivity index (χ3n) is 4.83. The molecule has 0 aliphatic carbocycles. The zero-order chi connectivity index (χ0) is 22.7. The van der Waals surface area contributed by atoms with Crippen molar-refractivity contribution in [2.24, 2.45) is 0 Å². The van der Waals surface area contributed by atoms with Gasteiger partial charge in [-0.15, -0.1) is 5.10 Å². The number of halogens is 3. The highest BCUT2D eigenvalue weighted by molar-refractivity contribution is 5.89. The van der Waals surface area contributed by atoms with Crippen LogP contribution in [0, 0.1) is 0 Å². The first-order valence-electron chi connectivity index (χ1n) is 9.92. The van der Waals surface area contributed by atoms with Crippen molar-refractivity contribution < 1.29 is 13.2 Å². The number of anilines is 2. The van der Waals surface area contributed by atoms with E-state index in [-0.39, 0.29) is 11.4 Å². The second-order valence-corrected chi connectivity index (χ2v) is 7.11. The minimum absolute atomic E-state index is 0.0167. The van der Waals surface area contributed by atoms with Gasteiger partial charge in [-0.05, 0) is 44.6 Å². The summed E-state index contributed by atoms with van der Waals surface area (Å²) in [5, 5.41) is 11.0. The summed E-state index contributed by atoms with van der Waals surface area (Å²) in [6.45, 7) is 0.745. The third-order valence-corrected chi connectivity index (χ3v) is 4.83. The summed E-state index contributed by atoms with van der Waals surface area (Å²) < 4.78 is 40.8. The number of nitrogens with two attached hydrogens (primary N) is 1. The SMILES string of the molecule is CNCCCc1cc(Nc2nn(N)c3ncccc23)nc(-c2ccccc2C(F)(F)F)n1. The molecule has 3 heterocycles. The molecule has 3 aromatic heterocycles. The standard InChI is InChI=1S/C21H21F3N8/c1-26-10-4-6-13-12-17(30-19-15-8-5-11-27-20(15)32(25)31-19)29-18(28-13)14-7-2-3-9-16(14)21(22,23)24/h2-3,5,7-9,11-12,26H,4,6,10,25H2,1H3,(H,28,29,30,31). The lowest BCUT2D eigenvalue weighted by Gasteiger charge is -2.14. The summed E-state index contributed by atoms with van der Waals surface area (Å²) in [7, 11) is 1.83. The molecule has 0 unspecified atom stereocenters. The van der Waals surface area contributed by atoms with Gasteiger partial charge in [-0.25, -0.2) is 15.0 Å². The van der Waals surface area contributed by atoms with Crippen LogP contribution in [0.3, 0.4) is 0 Å². The molecule has 0 bridgehead atoms. The molecule has 0 spiro atoms. The summed E-state index contributed by atoms with van der Waals surface area (Å²) in [5.41, 5.74) is 0.189. The molecule has 4 N–H and O–H groups in total. The number of aryl methyl sites for hydroxylation is 1. The first-order valence-corrected chi connectivity index (χ1v) is 9.92. The number of nitrogens with one attached hydrogen (secondary N) is 2. The minimum Gasteiger partial charge on any atom is -0.323 e. The van der Waals surface area contributed by atoms with Crippen LogP contribution in [0.15, 0.2) is 48.7 Å². The van der Waals surface area contributed by atoms with Gasteiger partial charge in [0.25, 0.3) is 0 Å². The van der Waals surface area contributed by atoms with E-state index in [0.717, 1.165) is 23.8 Å². The number of hydrogen-bond acceptors (Lipinski definition) is 7. The first kappa shape index (κ1) is 21.5. The Balaban J connectivity index is 1.79. The van der Waals surface area contributed by atoms with E-state index in [1.54, 1.807) is 24.4 Å². The van der Waals surface area contributed by atoms with E-state index in [4.69, 9.17) is 5.84 Å². The molecular weight excluding hydrogens is 421 g/mol. The van der Waals surface area contributed by atoms with Crippen molar-refractivity contribution in [3.8, 4) is 11.4 Å². The highest BCUT2D eigenvalue weighted by atomic mass is 19.4. The Hall–Kier alpha value is -3.73. The molecular formula is C21H21F3N8. The Morgan fingerprint density at radius 2 is 1.91 bits per heavy atom. The van der Waals surface area contributed by atoms with Crippen molar-refractivity contribution in [2.45, 2.75) is 19.0 Å². The van der Waals surface area contributed by atoms with Crippen molar-refractivity contribution >= 4 is 22.7 Å². The van der Waals surface area contributed by atoms with E-state index in [0.29, 0.717) is 34.8 Å². The lowest BCUT2D eigenvalue weighted by atomic mass is 10.1. The molecule has 0 fully saturated rings. The third kappa shape index (κ3) is 4.47. The Labute approximate surface area is 181 Å². The van der Waals surface area contributed by atoms with Crippen LogP contribution >= 0.6 is 0 Å². The van der Waals surface area contributed by atoms with Gasteiger partial charge in [-0.2, -0.15) is 18.0 Å². The number of rotatable bonds is 7. The van der Waals surface area contributed by atoms with Gasteiger partial charge in [0.1, 0.15) is 5.82 Å². The fraction of sp³-hybridized carbons (Fsp3) is 0.238. The number of alkyl halides is 3. The van der Waals surface area contributed by atoms with Crippen LogP contribution < -0.4 is 16.5 Å². The van der Waals surface area contributed by atoms with Crippen LogP contribution in [0.25, 0.3) is 22.4 Å². The van der Waals surface area contributed by atoms with Crippen LogP contribution in [-0.4, -0.2) is 38.4 Å². The van der Waals surface area contributed by atoms with Gasteiger partial charge in [0.05, 0.1) is 10.9 Å². The molecule has 0 saturated heterocycles. The highest BCUT2D eigenvalue weighted by Crippen LogP contribution is 2.36. The average Bonchev–Trinajstić information content (AvgIpc) is 3.09. The van der Waals surface area contributed by atoms with Crippen LogP contribution in [0.5, 0.6) is 0 Å². The average molecular weight is 442 g/mol. The number of nitrogens with zero attached hydrogens (tertiary/aromatic N) is 5. The molecule has 11 heteroatoms. The quantitative estimate of drug-likeness (QED) is 0.297. The van der Waals surface area contributed by atoms with E-state index in [2.05, 4.69) is 30.7 Å². The molecule has 0 amide bonds. The number of benzene rings is 1. The maximum absolute atomic E-state index is 13.6. The Kier molecular flexibility index (Phi) is 5.91. The van der Waals surface area contributed by atoms with Crippen LogP contribution in [0.1, 0.15) is 17.7 Å². The number of aromatic nitrogens is 5. The normalized spacial score (nSPS) is 11.8. The molecule has 32 heavy (non-hydrogen) atoms. The summed E-state index contributed by atoms with van der Waals surface area (Å²) in [6.07, 6.45) is -1.62. The van der Waals surface area contributed by atoms with Crippen molar-refractivity contribution in [3.63, 3.8) is 0 Å². The second kappa shape index (κ2) is 8.79. The lowest BCUT2D eigenvalue weighted by molar-refractivity contribution is -0.137. The Bertz CT molecular complexity index is 1240. The van der Waals surface area contributed by atoms with Gasteiger partial charge >= 0.3 is 6.18 Å². The highest BCUT2D eigenvalue weighted by Gasteiger charge is 2.34. The molecule has 0 atom stereocenters. The lowest BCUT2D eigenvalue weighted by Crippen LogP contribution is -2.12. The summed E-state index contributed by atoms with van der Waals surface area (Å²) in [4.78, 5) is 14.1. The number of nitrogen functional groups attached to an aromatic ring is 1. The summed E-state index contributed by atoms with van der Waals surface area (Å²) >= 11 is 0. The fourth-order valence-electron chi connectivity index (χ4n) is 3.37. The molecule has 4 aromatic rings. The van der Waals surface area contributed by atoms with Crippen molar-refractivity contribution in [2.75, 3.05) is 24.8 Å². The number of hydrogen-bond donors (Lipinski definition) is 3. The van der Waals surface area contributed by atoms with Crippen molar-refractivity contribution in [1.82, 2.24) is 30.2 Å². The smallest absolute Gasteiger partial charge is 0.323 e.